The molecule has 3 rings (SSSR count). The third kappa shape index (κ3) is 3.67. The van der Waals surface area contributed by atoms with Crippen LogP contribution in [0.15, 0.2) is 23.6 Å². The average Bonchev–Trinajstić information content (AvgIpc) is 3.31. The lowest BCUT2D eigenvalue weighted by Crippen LogP contribution is -2.34. The van der Waals surface area contributed by atoms with E-state index in [-0.39, 0.29) is 24.2 Å². The smallest absolute Gasteiger partial charge is 0.359 e. The molecule has 1 aliphatic heterocycles. The number of ether oxygens (including phenoxy) is 1. The fourth-order valence-corrected chi connectivity index (χ4v) is 3.86. The molecule has 0 saturated carbocycles. The molecule has 1 aliphatic rings. The van der Waals surface area contributed by atoms with Crippen molar-refractivity contribution in [3.8, 4) is 0 Å². The van der Waals surface area contributed by atoms with Crippen molar-refractivity contribution in [2.24, 2.45) is 0 Å². The van der Waals surface area contributed by atoms with Gasteiger partial charge in [-0.05, 0) is 36.8 Å². The van der Waals surface area contributed by atoms with Gasteiger partial charge in [0.2, 0.25) is 0 Å². The van der Waals surface area contributed by atoms with Crippen LogP contribution in [0.3, 0.4) is 0 Å². The van der Waals surface area contributed by atoms with E-state index in [9.17, 15) is 9.59 Å². The summed E-state index contributed by atoms with van der Waals surface area (Å²) in [6.07, 6.45) is 3.73. The molecular weight excluding hydrogens is 326 g/mol. The first-order valence-corrected chi connectivity index (χ1v) is 9.11. The van der Waals surface area contributed by atoms with Crippen LogP contribution in [-0.4, -0.2) is 40.1 Å². The summed E-state index contributed by atoms with van der Waals surface area (Å²) in [4.78, 5) is 27.4. The molecule has 1 unspecified atom stereocenters. The number of carbonyl (C=O) groups is 2. The average molecular weight is 347 g/mol. The van der Waals surface area contributed by atoms with Crippen LogP contribution in [0.5, 0.6) is 0 Å². The van der Waals surface area contributed by atoms with Gasteiger partial charge in [0.05, 0.1) is 6.04 Å². The number of rotatable bonds is 6. The zero-order chi connectivity index (χ0) is 16.9. The number of hydrogen-bond donors (Lipinski definition) is 1. The van der Waals surface area contributed by atoms with Gasteiger partial charge in [-0.2, -0.15) is 5.10 Å². The van der Waals surface area contributed by atoms with Gasteiger partial charge < -0.3 is 9.64 Å². The molecule has 1 fully saturated rings. The van der Waals surface area contributed by atoms with Gasteiger partial charge in [0.15, 0.2) is 12.3 Å². The molecule has 0 spiro atoms. The Morgan fingerprint density at radius 2 is 2.38 bits per heavy atom. The first kappa shape index (κ1) is 16.7. The van der Waals surface area contributed by atoms with E-state index in [0.29, 0.717) is 6.54 Å². The number of H-pyrrole nitrogens is 1. The molecule has 0 radical (unpaired) electrons. The number of esters is 1. The maximum absolute atomic E-state index is 12.4. The Kier molecular flexibility index (Phi) is 5.30. The second-order valence-electron chi connectivity index (χ2n) is 5.87. The SMILES string of the molecule is CCCc1cc(C(=O)OCC(=O)N2CCCC2c2cccs2)n[nH]1. The van der Waals surface area contributed by atoms with Gasteiger partial charge in [-0.15, -0.1) is 11.3 Å². The van der Waals surface area contributed by atoms with Crippen LogP contribution >= 0.6 is 11.3 Å². The van der Waals surface area contributed by atoms with E-state index < -0.39 is 5.97 Å². The molecule has 2 aromatic heterocycles. The number of carbonyl (C=O) groups excluding carboxylic acids is 2. The third-order valence-electron chi connectivity index (χ3n) is 4.13. The Hall–Kier alpha value is -2.15. The summed E-state index contributed by atoms with van der Waals surface area (Å²) in [6.45, 7) is 2.52. The van der Waals surface area contributed by atoms with E-state index in [0.717, 1.165) is 31.4 Å². The lowest BCUT2D eigenvalue weighted by Gasteiger charge is -2.23. The van der Waals surface area contributed by atoms with Gasteiger partial charge in [-0.3, -0.25) is 9.89 Å². The Morgan fingerprint density at radius 1 is 1.50 bits per heavy atom. The number of aromatic nitrogens is 2. The number of nitrogens with zero attached hydrogens (tertiary/aromatic N) is 2. The maximum Gasteiger partial charge on any atom is 0.359 e. The summed E-state index contributed by atoms with van der Waals surface area (Å²) in [5.41, 5.74) is 1.12. The fourth-order valence-electron chi connectivity index (χ4n) is 2.99. The van der Waals surface area contributed by atoms with Crippen molar-refractivity contribution in [2.45, 2.75) is 38.6 Å². The molecule has 24 heavy (non-hydrogen) atoms. The van der Waals surface area contributed by atoms with Gasteiger partial charge in [-0.25, -0.2) is 4.79 Å². The van der Waals surface area contributed by atoms with Crippen LogP contribution in [0.2, 0.25) is 0 Å². The minimum Gasteiger partial charge on any atom is -0.451 e. The molecule has 0 aromatic carbocycles. The van der Waals surface area contributed by atoms with Crippen molar-refractivity contribution < 1.29 is 14.3 Å². The molecule has 128 valence electrons. The monoisotopic (exact) mass is 347 g/mol. The number of nitrogens with one attached hydrogen (secondary N) is 1. The molecule has 3 heterocycles. The molecule has 6 nitrogen and oxygen atoms in total. The van der Waals surface area contributed by atoms with Gasteiger partial charge >= 0.3 is 5.97 Å². The largest absolute Gasteiger partial charge is 0.451 e. The second kappa shape index (κ2) is 7.61. The first-order valence-electron chi connectivity index (χ1n) is 8.23. The van der Waals surface area contributed by atoms with Crippen molar-refractivity contribution in [3.05, 3.63) is 39.8 Å². The molecule has 7 heteroatoms. The normalized spacial score (nSPS) is 17.2. The Labute approximate surface area is 144 Å². The van der Waals surface area contributed by atoms with E-state index in [1.807, 2.05) is 22.4 Å². The Balaban J connectivity index is 1.55. The highest BCUT2D eigenvalue weighted by Crippen LogP contribution is 2.34. The van der Waals surface area contributed by atoms with Crippen LogP contribution in [0.1, 0.15) is 53.3 Å². The van der Waals surface area contributed by atoms with Crippen LogP contribution in [0, 0.1) is 0 Å². The molecule has 0 aliphatic carbocycles. The lowest BCUT2D eigenvalue weighted by atomic mass is 10.2. The standard InChI is InChI=1S/C17H21N3O3S/c1-2-5-12-10-13(19-18-12)17(22)23-11-16(21)20-8-3-6-14(20)15-7-4-9-24-15/h4,7,9-10,14H,2-3,5-6,8,11H2,1H3,(H,18,19). The van der Waals surface area contributed by atoms with E-state index in [1.54, 1.807) is 17.4 Å². The van der Waals surface area contributed by atoms with Gasteiger partial charge in [0.1, 0.15) is 0 Å². The summed E-state index contributed by atoms with van der Waals surface area (Å²) >= 11 is 1.65. The van der Waals surface area contributed by atoms with Gasteiger partial charge in [0, 0.05) is 17.1 Å². The Morgan fingerprint density at radius 3 is 3.12 bits per heavy atom. The third-order valence-corrected chi connectivity index (χ3v) is 5.10. The predicted molar refractivity (Wildman–Crippen MR) is 90.9 cm³/mol. The quantitative estimate of drug-likeness (QED) is 0.815. The molecular formula is C17H21N3O3S. The van der Waals surface area contributed by atoms with Crippen molar-refractivity contribution in [1.29, 1.82) is 0 Å². The highest BCUT2D eigenvalue weighted by atomic mass is 32.1. The van der Waals surface area contributed by atoms with Crippen LogP contribution in [0.25, 0.3) is 0 Å². The number of likely N-dealkylation sites (tertiary alicyclic amines) is 1. The minimum atomic E-state index is -0.561. The lowest BCUT2D eigenvalue weighted by molar-refractivity contribution is -0.135. The predicted octanol–water partition coefficient (Wildman–Crippen LogP) is 2.94. The molecule has 1 N–H and O–H groups in total. The summed E-state index contributed by atoms with van der Waals surface area (Å²) < 4.78 is 5.15. The van der Waals surface area contributed by atoms with Crippen LogP contribution in [0.4, 0.5) is 0 Å². The summed E-state index contributed by atoms with van der Waals surface area (Å²) in [5, 5.41) is 8.77. The highest BCUT2D eigenvalue weighted by molar-refractivity contribution is 7.10. The van der Waals surface area contributed by atoms with Crippen LogP contribution in [-0.2, 0) is 16.0 Å². The Bertz CT molecular complexity index is 696. The fraction of sp³-hybridized carbons (Fsp3) is 0.471. The molecule has 0 bridgehead atoms. The second-order valence-corrected chi connectivity index (χ2v) is 6.84. The van der Waals surface area contributed by atoms with Crippen molar-refractivity contribution in [3.63, 3.8) is 0 Å². The molecule has 2 aromatic rings. The minimum absolute atomic E-state index is 0.109. The zero-order valence-electron chi connectivity index (χ0n) is 13.7. The first-order chi connectivity index (χ1) is 11.7. The van der Waals surface area contributed by atoms with E-state index in [1.165, 1.54) is 4.88 Å². The van der Waals surface area contributed by atoms with Crippen molar-refractivity contribution >= 4 is 23.2 Å². The van der Waals surface area contributed by atoms with E-state index >= 15 is 0 Å². The summed E-state index contributed by atoms with van der Waals surface area (Å²) in [6, 6.07) is 5.83. The number of aromatic amines is 1. The molecule has 1 saturated heterocycles. The number of aryl methyl sites for hydroxylation is 1. The van der Waals surface area contributed by atoms with Crippen LogP contribution < -0.4 is 0 Å². The number of amides is 1. The van der Waals surface area contributed by atoms with Crippen molar-refractivity contribution in [1.82, 2.24) is 15.1 Å². The number of hydrogen-bond acceptors (Lipinski definition) is 5. The van der Waals surface area contributed by atoms with Gasteiger partial charge in [-0.1, -0.05) is 19.4 Å². The zero-order valence-corrected chi connectivity index (χ0v) is 14.5. The summed E-state index contributed by atoms with van der Waals surface area (Å²) in [5.74, 6) is -0.711. The maximum atomic E-state index is 12.4. The van der Waals surface area contributed by atoms with E-state index in [2.05, 4.69) is 17.1 Å². The molecule has 1 atom stereocenters. The van der Waals surface area contributed by atoms with Gasteiger partial charge in [0.25, 0.3) is 5.91 Å². The molecule has 1 amide bonds. The number of thiophene rings is 1. The topological polar surface area (TPSA) is 75.3 Å². The highest BCUT2D eigenvalue weighted by Gasteiger charge is 2.31. The summed E-state index contributed by atoms with van der Waals surface area (Å²) in [7, 11) is 0. The van der Waals surface area contributed by atoms with E-state index in [4.69, 9.17) is 4.74 Å². The van der Waals surface area contributed by atoms with Crippen molar-refractivity contribution in [2.75, 3.05) is 13.2 Å².